The van der Waals surface area contributed by atoms with E-state index in [1.165, 1.54) is 11.3 Å². The number of carbonyl (C=O) groups excluding carboxylic acids is 1. The van der Waals surface area contributed by atoms with Crippen LogP contribution in [0.3, 0.4) is 0 Å². The lowest BCUT2D eigenvalue weighted by atomic mass is 9.77. The lowest BCUT2D eigenvalue weighted by molar-refractivity contribution is 0.103. The van der Waals surface area contributed by atoms with Crippen LogP contribution < -0.4 is 0 Å². The maximum absolute atomic E-state index is 12.9. The van der Waals surface area contributed by atoms with Crippen molar-refractivity contribution in [3.63, 3.8) is 0 Å². The van der Waals surface area contributed by atoms with Gasteiger partial charge in [0, 0.05) is 22.0 Å². The van der Waals surface area contributed by atoms with E-state index in [0.29, 0.717) is 16.0 Å². The van der Waals surface area contributed by atoms with E-state index < -0.39 is 0 Å². The molecule has 22 heavy (non-hydrogen) atoms. The largest absolute Gasteiger partial charge is 0.357 e. The van der Waals surface area contributed by atoms with E-state index in [2.05, 4.69) is 45.8 Å². The average Bonchev–Trinajstić information content (AvgIpc) is 3.06. The monoisotopic (exact) mass is 371 g/mol. The highest BCUT2D eigenvalue weighted by atomic mass is 79.9. The van der Waals surface area contributed by atoms with Gasteiger partial charge in [0.2, 0.25) is 5.78 Å². The molecule has 0 bridgehead atoms. The Morgan fingerprint density at radius 3 is 2.91 bits per heavy atom. The Labute approximate surface area is 138 Å². The molecule has 108 valence electrons. The Morgan fingerprint density at radius 2 is 2.18 bits per heavy atom. The van der Waals surface area contributed by atoms with Gasteiger partial charge in [0.1, 0.15) is 4.88 Å². The van der Waals surface area contributed by atoms with Crippen molar-refractivity contribution < 1.29 is 4.79 Å². The van der Waals surface area contributed by atoms with Gasteiger partial charge in [-0.05, 0) is 41.9 Å². The number of rotatable bonds is 0. The summed E-state index contributed by atoms with van der Waals surface area (Å²) in [7, 11) is 0. The molecular weight excluding hydrogens is 362 g/mol. The minimum Gasteiger partial charge on any atom is -0.357 e. The van der Waals surface area contributed by atoms with E-state index in [1.807, 2.05) is 6.07 Å². The highest BCUT2D eigenvalue weighted by Gasteiger charge is 2.42. The third kappa shape index (κ3) is 1.61. The normalized spacial score (nSPS) is 15.5. The highest BCUT2D eigenvalue weighted by Crippen LogP contribution is 2.45. The molecule has 3 aromatic rings. The molecule has 0 unspecified atom stereocenters. The van der Waals surface area contributed by atoms with E-state index in [4.69, 9.17) is 5.26 Å². The number of ketones is 1. The van der Waals surface area contributed by atoms with Crippen molar-refractivity contribution in [3.8, 4) is 6.07 Å². The van der Waals surface area contributed by atoms with Crippen molar-refractivity contribution >= 4 is 44.0 Å². The molecule has 1 N–H and O–H groups in total. The van der Waals surface area contributed by atoms with E-state index in [0.717, 1.165) is 26.2 Å². The fourth-order valence-electron chi connectivity index (χ4n) is 3.08. The van der Waals surface area contributed by atoms with Gasteiger partial charge in [-0.3, -0.25) is 4.79 Å². The lowest BCUT2D eigenvalue weighted by Crippen LogP contribution is -2.29. The number of nitrogens with zero attached hydrogens (tertiary/aromatic N) is 2. The number of nitriles is 1. The summed E-state index contributed by atoms with van der Waals surface area (Å²) in [6.07, 6.45) is 0. The van der Waals surface area contributed by atoms with Gasteiger partial charge in [-0.25, -0.2) is 4.98 Å². The number of carbonyl (C=O) groups is 1. The molecular formula is C16H10BrN3OS. The van der Waals surface area contributed by atoms with Gasteiger partial charge in [0.15, 0.2) is 3.92 Å². The maximum Gasteiger partial charge on any atom is 0.207 e. The molecule has 1 aromatic carbocycles. The van der Waals surface area contributed by atoms with Crippen molar-refractivity contribution in [1.29, 1.82) is 5.26 Å². The topological polar surface area (TPSA) is 69.5 Å². The molecule has 0 saturated heterocycles. The molecule has 0 fully saturated rings. The average molecular weight is 372 g/mol. The van der Waals surface area contributed by atoms with Gasteiger partial charge in [-0.15, -0.1) is 11.3 Å². The fraction of sp³-hybridized carbons (Fsp3) is 0.188. The van der Waals surface area contributed by atoms with Crippen LogP contribution >= 0.6 is 27.3 Å². The van der Waals surface area contributed by atoms with Crippen LogP contribution in [0, 0.1) is 11.3 Å². The number of benzene rings is 1. The minimum atomic E-state index is -0.382. The van der Waals surface area contributed by atoms with Gasteiger partial charge in [-0.2, -0.15) is 5.26 Å². The number of halogens is 1. The summed E-state index contributed by atoms with van der Waals surface area (Å²) < 4.78 is 0.722. The SMILES string of the molecule is CC1(C)c2nc(Br)sc2C(=O)c2c1[nH]c1cc(C#N)ccc21. The zero-order valence-corrected chi connectivity index (χ0v) is 14.2. The van der Waals surface area contributed by atoms with Gasteiger partial charge in [0.25, 0.3) is 0 Å². The van der Waals surface area contributed by atoms with Crippen LogP contribution in [0.2, 0.25) is 0 Å². The second kappa shape index (κ2) is 4.28. The van der Waals surface area contributed by atoms with Crippen molar-refractivity contribution in [2.75, 3.05) is 0 Å². The summed E-state index contributed by atoms with van der Waals surface area (Å²) in [6, 6.07) is 7.51. The molecule has 0 saturated carbocycles. The Bertz CT molecular complexity index is 1010. The number of hydrogen-bond donors (Lipinski definition) is 1. The van der Waals surface area contributed by atoms with Gasteiger partial charge < -0.3 is 4.98 Å². The number of hydrogen-bond acceptors (Lipinski definition) is 4. The lowest BCUT2D eigenvalue weighted by Gasteiger charge is -2.28. The van der Waals surface area contributed by atoms with Gasteiger partial charge in [-0.1, -0.05) is 6.07 Å². The summed E-state index contributed by atoms with van der Waals surface area (Å²) in [5.74, 6) is 0.00322. The predicted octanol–water partition coefficient (Wildman–Crippen LogP) is 4.13. The molecule has 0 radical (unpaired) electrons. The number of nitrogens with one attached hydrogen (secondary N) is 1. The molecule has 1 aliphatic rings. The van der Waals surface area contributed by atoms with Crippen LogP contribution in [0.4, 0.5) is 0 Å². The molecule has 0 amide bonds. The molecule has 2 heterocycles. The predicted molar refractivity (Wildman–Crippen MR) is 88.4 cm³/mol. The quantitative estimate of drug-likeness (QED) is 0.645. The first-order chi connectivity index (χ1) is 10.4. The van der Waals surface area contributed by atoms with Crippen molar-refractivity contribution in [3.05, 3.63) is 49.5 Å². The summed E-state index contributed by atoms with van der Waals surface area (Å²) in [4.78, 5) is 21.4. The number of thiazole rings is 1. The second-order valence-electron chi connectivity index (χ2n) is 5.85. The smallest absolute Gasteiger partial charge is 0.207 e. The summed E-state index contributed by atoms with van der Waals surface area (Å²) in [5.41, 5.74) is 3.38. The van der Waals surface area contributed by atoms with Crippen LogP contribution in [-0.2, 0) is 5.41 Å². The van der Waals surface area contributed by atoms with Crippen molar-refractivity contribution in [2.24, 2.45) is 0 Å². The van der Waals surface area contributed by atoms with Crippen LogP contribution in [0.15, 0.2) is 22.1 Å². The number of aromatic amines is 1. The highest BCUT2D eigenvalue weighted by molar-refractivity contribution is 9.11. The maximum atomic E-state index is 12.9. The summed E-state index contributed by atoms with van der Waals surface area (Å²) in [5, 5.41) is 9.91. The first-order valence-corrected chi connectivity index (χ1v) is 8.32. The molecule has 0 spiro atoms. The third-order valence-corrected chi connectivity index (χ3v) is 5.68. The van der Waals surface area contributed by atoms with Crippen molar-refractivity contribution in [2.45, 2.75) is 19.3 Å². The zero-order valence-electron chi connectivity index (χ0n) is 11.8. The number of fused-ring (bicyclic) bond motifs is 4. The van der Waals surface area contributed by atoms with E-state index in [-0.39, 0.29) is 11.2 Å². The number of aromatic nitrogens is 2. The third-order valence-electron chi connectivity index (χ3n) is 4.18. The van der Waals surface area contributed by atoms with Crippen molar-refractivity contribution in [1.82, 2.24) is 9.97 Å². The molecule has 2 aromatic heterocycles. The first-order valence-electron chi connectivity index (χ1n) is 6.71. The zero-order chi connectivity index (χ0) is 15.6. The Balaban J connectivity index is 2.10. The van der Waals surface area contributed by atoms with Crippen LogP contribution in [0.25, 0.3) is 10.9 Å². The Kier molecular flexibility index (Phi) is 2.66. The summed E-state index contributed by atoms with van der Waals surface area (Å²) >= 11 is 4.76. The van der Waals surface area contributed by atoms with E-state index in [9.17, 15) is 4.79 Å². The van der Waals surface area contributed by atoms with Crippen LogP contribution in [-0.4, -0.2) is 15.8 Å². The first kappa shape index (κ1) is 13.7. The Morgan fingerprint density at radius 1 is 1.41 bits per heavy atom. The van der Waals surface area contributed by atoms with Crippen LogP contribution in [0.1, 0.15) is 46.0 Å². The van der Waals surface area contributed by atoms with Gasteiger partial charge in [0.05, 0.1) is 22.9 Å². The van der Waals surface area contributed by atoms with Crippen LogP contribution in [0.5, 0.6) is 0 Å². The van der Waals surface area contributed by atoms with E-state index >= 15 is 0 Å². The standard InChI is InChI=1S/C16H10BrN3OS/c1-16(2)13-10(11(21)12-14(16)20-15(17)22-12)8-4-3-7(6-18)5-9(8)19-13/h3-5,19H,1-2H3. The summed E-state index contributed by atoms with van der Waals surface area (Å²) in [6.45, 7) is 4.12. The van der Waals surface area contributed by atoms with E-state index in [1.54, 1.807) is 12.1 Å². The molecule has 1 aliphatic carbocycles. The second-order valence-corrected chi connectivity index (χ2v) is 8.12. The Hall–Kier alpha value is -1.97. The minimum absolute atomic E-state index is 0.00322. The molecule has 0 aliphatic heterocycles. The fourth-order valence-corrected chi connectivity index (χ4v) is 4.64. The van der Waals surface area contributed by atoms with Gasteiger partial charge >= 0.3 is 0 Å². The number of H-pyrrole nitrogens is 1. The molecule has 4 nitrogen and oxygen atoms in total. The molecule has 6 heteroatoms. The molecule has 0 atom stereocenters. The molecule has 4 rings (SSSR count).